The molecule has 0 saturated carbocycles. The Bertz CT molecular complexity index is 575. The lowest BCUT2D eigenvalue weighted by Crippen LogP contribution is -2.17. The summed E-state index contributed by atoms with van der Waals surface area (Å²) in [6.45, 7) is 0. The summed E-state index contributed by atoms with van der Waals surface area (Å²) in [5, 5.41) is 4.86. The van der Waals surface area contributed by atoms with Gasteiger partial charge in [-0.1, -0.05) is 53.5 Å². The SMILES string of the molecule is Clc1cccc(Cl)c1NC1CCCc2ccccc21. The van der Waals surface area contributed by atoms with Crippen molar-refractivity contribution in [2.75, 3.05) is 5.32 Å². The van der Waals surface area contributed by atoms with E-state index >= 15 is 0 Å². The molecule has 0 aliphatic heterocycles. The lowest BCUT2D eigenvalue weighted by molar-refractivity contribution is 0.600. The first-order valence-corrected chi connectivity index (χ1v) is 7.29. The van der Waals surface area contributed by atoms with Crippen molar-refractivity contribution in [1.82, 2.24) is 0 Å². The fourth-order valence-corrected chi connectivity index (χ4v) is 3.22. The van der Waals surface area contributed by atoms with Gasteiger partial charge in [0.15, 0.2) is 0 Å². The summed E-state index contributed by atoms with van der Waals surface area (Å²) < 4.78 is 0. The van der Waals surface area contributed by atoms with E-state index in [1.807, 2.05) is 18.2 Å². The van der Waals surface area contributed by atoms with E-state index < -0.39 is 0 Å². The van der Waals surface area contributed by atoms with E-state index in [9.17, 15) is 0 Å². The van der Waals surface area contributed by atoms with Crippen LogP contribution in [-0.2, 0) is 6.42 Å². The summed E-state index contributed by atoms with van der Waals surface area (Å²) in [5.41, 5.74) is 3.63. The Balaban J connectivity index is 1.93. The third kappa shape index (κ3) is 2.58. The Hall–Kier alpha value is -1.18. The van der Waals surface area contributed by atoms with Crippen molar-refractivity contribution < 1.29 is 0 Å². The van der Waals surface area contributed by atoms with Crippen LogP contribution in [0.4, 0.5) is 5.69 Å². The van der Waals surface area contributed by atoms with Gasteiger partial charge < -0.3 is 5.32 Å². The Morgan fingerprint density at radius 2 is 1.68 bits per heavy atom. The number of fused-ring (bicyclic) bond motifs is 1. The standard InChI is InChI=1S/C16H15Cl2N/c17-13-8-4-9-14(18)16(13)19-15-10-3-6-11-5-1-2-7-12(11)15/h1-2,4-5,7-9,15,19H,3,6,10H2. The minimum absolute atomic E-state index is 0.294. The highest BCUT2D eigenvalue weighted by atomic mass is 35.5. The molecule has 3 rings (SSSR count). The quantitative estimate of drug-likeness (QED) is 0.772. The Labute approximate surface area is 123 Å². The van der Waals surface area contributed by atoms with E-state index in [4.69, 9.17) is 23.2 Å². The Kier molecular flexibility index (Phi) is 3.67. The van der Waals surface area contributed by atoms with E-state index in [0.717, 1.165) is 18.5 Å². The number of anilines is 1. The molecule has 0 saturated heterocycles. The van der Waals surface area contributed by atoms with Crippen LogP contribution in [0, 0.1) is 0 Å². The van der Waals surface area contributed by atoms with E-state index in [0.29, 0.717) is 16.1 Å². The maximum Gasteiger partial charge on any atom is 0.0723 e. The zero-order valence-corrected chi connectivity index (χ0v) is 12.0. The third-order valence-corrected chi connectivity index (χ3v) is 4.28. The maximum atomic E-state index is 6.23. The molecule has 2 aromatic carbocycles. The van der Waals surface area contributed by atoms with Crippen molar-refractivity contribution in [3.8, 4) is 0 Å². The van der Waals surface area contributed by atoms with Gasteiger partial charge in [-0.05, 0) is 42.5 Å². The van der Waals surface area contributed by atoms with Crippen LogP contribution in [0.3, 0.4) is 0 Å². The van der Waals surface area contributed by atoms with Crippen LogP contribution in [0.5, 0.6) is 0 Å². The number of nitrogens with one attached hydrogen (secondary N) is 1. The number of benzene rings is 2. The smallest absolute Gasteiger partial charge is 0.0723 e. The predicted molar refractivity (Wildman–Crippen MR) is 82.2 cm³/mol. The molecule has 2 aromatic rings. The van der Waals surface area contributed by atoms with E-state index in [1.165, 1.54) is 17.5 Å². The van der Waals surface area contributed by atoms with Crippen LogP contribution in [0.25, 0.3) is 0 Å². The van der Waals surface area contributed by atoms with Crippen LogP contribution in [-0.4, -0.2) is 0 Å². The molecule has 0 amide bonds. The lowest BCUT2D eigenvalue weighted by atomic mass is 9.87. The molecule has 0 radical (unpaired) electrons. The number of para-hydroxylation sites is 1. The normalized spacial score (nSPS) is 17.9. The highest BCUT2D eigenvalue weighted by Crippen LogP contribution is 2.37. The average Bonchev–Trinajstić information content (AvgIpc) is 2.43. The van der Waals surface area contributed by atoms with Crippen LogP contribution in [0.15, 0.2) is 42.5 Å². The molecule has 0 heterocycles. The number of rotatable bonds is 2. The monoisotopic (exact) mass is 291 g/mol. The zero-order valence-electron chi connectivity index (χ0n) is 10.5. The van der Waals surface area contributed by atoms with Crippen molar-refractivity contribution in [2.45, 2.75) is 25.3 Å². The summed E-state index contributed by atoms with van der Waals surface area (Å²) in [7, 11) is 0. The van der Waals surface area contributed by atoms with Gasteiger partial charge >= 0.3 is 0 Å². The topological polar surface area (TPSA) is 12.0 Å². The molecule has 1 unspecified atom stereocenters. The summed E-state index contributed by atoms with van der Waals surface area (Å²) >= 11 is 12.5. The van der Waals surface area contributed by atoms with Gasteiger partial charge in [-0.2, -0.15) is 0 Å². The van der Waals surface area contributed by atoms with E-state index in [1.54, 1.807) is 0 Å². The van der Waals surface area contributed by atoms with Crippen LogP contribution in [0.2, 0.25) is 10.0 Å². The Morgan fingerprint density at radius 1 is 0.947 bits per heavy atom. The molecule has 1 atom stereocenters. The number of halogens is 2. The van der Waals surface area contributed by atoms with Crippen molar-refractivity contribution in [1.29, 1.82) is 0 Å². The maximum absolute atomic E-state index is 6.23. The lowest BCUT2D eigenvalue weighted by Gasteiger charge is -2.28. The fraction of sp³-hybridized carbons (Fsp3) is 0.250. The van der Waals surface area contributed by atoms with Gasteiger partial charge in [-0.25, -0.2) is 0 Å². The van der Waals surface area contributed by atoms with Crippen LogP contribution < -0.4 is 5.32 Å². The molecular formula is C16H15Cl2N. The number of aryl methyl sites for hydroxylation is 1. The molecule has 1 nitrogen and oxygen atoms in total. The molecule has 1 aliphatic rings. The molecule has 0 fully saturated rings. The van der Waals surface area contributed by atoms with Gasteiger partial charge in [0.1, 0.15) is 0 Å². The molecule has 1 N–H and O–H groups in total. The van der Waals surface area contributed by atoms with Crippen molar-refractivity contribution in [3.63, 3.8) is 0 Å². The van der Waals surface area contributed by atoms with Gasteiger partial charge in [0.2, 0.25) is 0 Å². The number of hydrogen-bond donors (Lipinski definition) is 1. The summed E-state index contributed by atoms with van der Waals surface area (Å²) in [4.78, 5) is 0. The van der Waals surface area contributed by atoms with Gasteiger partial charge in [0, 0.05) is 0 Å². The molecule has 19 heavy (non-hydrogen) atoms. The van der Waals surface area contributed by atoms with Gasteiger partial charge in [-0.3, -0.25) is 0 Å². The molecule has 3 heteroatoms. The second-order valence-corrected chi connectivity index (χ2v) is 5.70. The highest BCUT2D eigenvalue weighted by molar-refractivity contribution is 6.39. The summed E-state index contributed by atoms with van der Waals surface area (Å²) in [6.07, 6.45) is 3.46. The third-order valence-electron chi connectivity index (χ3n) is 3.65. The van der Waals surface area contributed by atoms with Crippen LogP contribution in [0.1, 0.15) is 30.0 Å². The first-order chi connectivity index (χ1) is 9.25. The van der Waals surface area contributed by atoms with Crippen molar-refractivity contribution >= 4 is 28.9 Å². The van der Waals surface area contributed by atoms with Crippen molar-refractivity contribution in [2.24, 2.45) is 0 Å². The molecule has 0 bridgehead atoms. The number of hydrogen-bond acceptors (Lipinski definition) is 1. The minimum Gasteiger partial charge on any atom is -0.376 e. The largest absolute Gasteiger partial charge is 0.376 e. The Morgan fingerprint density at radius 3 is 2.47 bits per heavy atom. The van der Waals surface area contributed by atoms with E-state index in [2.05, 4.69) is 29.6 Å². The summed E-state index contributed by atoms with van der Waals surface area (Å²) in [5.74, 6) is 0. The first kappa shape index (κ1) is 12.8. The summed E-state index contributed by atoms with van der Waals surface area (Å²) in [6, 6.07) is 14.5. The fourth-order valence-electron chi connectivity index (χ4n) is 2.71. The van der Waals surface area contributed by atoms with Crippen LogP contribution >= 0.6 is 23.2 Å². The van der Waals surface area contributed by atoms with E-state index in [-0.39, 0.29) is 0 Å². The molecule has 0 spiro atoms. The molecular weight excluding hydrogens is 277 g/mol. The molecule has 0 aromatic heterocycles. The highest BCUT2D eigenvalue weighted by Gasteiger charge is 2.20. The second-order valence-electron chi connectivity index (χ2n) is 4.88. The average molecular weight is 292 g/mol. The first-order valence-electron chi connectivity index (χ1n) is 6.54. The van der Waals surface area contributed by atoms with Gasteiger partial charge in [-0.15, -0.1) is 0 Å². The zero-order chi connectivity index (χ0) is 13.2. The van der Waals surface area contributed by atoms with Gasteiger partial charge in [0.05, 0.1) is 21.8 Å². The van der Waals surface area contributed by atoms with Crippen molar-refractivity contribution in [3.05, 3.63) is 63.6 Å². The second kappa shape index (κ2) is 5.44. The predicted octanol–water partition coefficient (Wildman–Crippen LogP) is 5.48. The molecule has 1 aliphatic carbocycles. The molecule has 98 valence electrons. The minimum atomic E-state index is 0.294. The van der Waals surface area contributed by atoms with Gasteiger partial charge in [0.25, 0.3) is 0 Å².